The maximum Gasteiger partial charge on any atom is 0.319 e. The molecular formula is C20H20N4O2. The summed E-state index contributed by atoms with van der Waals surface area (Å²) in [6.07, 6.45) is 5.78. The van der Waals surface area contributed by atoms with Gasteiger partial charge in [0.05, 0.1) is 6.20 Å². The molecule has 0 aliphatic rings. The van der Waals surface area contributed by atoms with Crippen molar-refractivity contribution in [3.05, 3.63) is 78.4 Å². The summed E-state index contributed by atoms with van der Waals surface area (Å²) in [6.45, 7) is 2.44. The Hall–Kier alpha value is -3.41. The third-order valence-electron chi connectivity index (χ3n) is 3.69. The monoisotopic (exact) mass is 348 g/mol. The van der Waals surface area contributed by atoms with Crippen LogP contribution in [-0.4, -0.2) is 22.5 Å². The second kappa shape index (κ2) is 8.62. The zero-order chi connectivity index (χ0) is 18.2. The Labute approximate surface area is 152 Å². The van der Waals surface area contributed by atoms with E-state index < -0.39 is 0 Å². The predicted octanol–water partition coefficient (Wildman–Crippen LogP) is 3.94. The number of urea groups is 1. The van der Waals surface area contributed by atoms with Gasteiger partial charge in [-0.25, -0.2) is 4.79 Å². The number of nitrogens with zero attached hydrogens (tertiary/aromatic N) is 2. The van der Waals surface area contributed by atoms with Gasteiger partial charge in [0.25, 0.3) is 0 Å². The minimum Gasteiger partial charge on any atom is -0.455 e. The molecule has 6 heteroatoms. The minimum atomic E-state index is -0.249. The van der Waals surface area contributed by atoms with Crippen LogP contribution in [0.2, 0.25) is 0 Å². The fourth-order valence-electron chi connectivity index (χ4n) is 2.40. The van der Waals surface area contributed by atoms with Gasteiger partial charge in [-0.05, 0) is 55.0 Å². The third kappa shape index (κ3) is 5.04. The molecule has 2 amide bonds. The van der Waals surface area contributed by atoms with Gasteiger partial charge in [0.2, 0.25) is 0 Å². The number of hydrogen-bond donors (Lipinski definition) is 2. The quantitative estimate of drug-likeness (QED) is 0.707. The Kier molecular flexibility index (Phi) is 5.77. The lowest BCUT2D eigenvalue weighted by Crippen LogP contribution is -2.30. The van der Waals surface area contributed by atoms with Gasteiger partial charge in [0, 0.05) is 36.7 Å². The molecule has 0 radical (unpaired) electrons. The Morgan fingerprint density at radius 2 is 2.04 bits per heavy atom. The lowest BCUT2D eigenvalue weighted by atomic mass is 10.2. The van der Waals surface area contributed by atoms with Crippen molar-refractivity contribution in [2.24, 2.45) is 0 Å². The Morgan fingerprint density at radius 3 is 2.77 bits per heavy atom. The van der Waals surface area contributed by atoms with E-state index in [0.29, 0.717) is 24.4 Å². The van der Waals surface area contributed by atoms with Crippen molar-refractivity contribution in [2.75, 3.05) is 11.9 Å². The van der Waals surface area contributed by atoms with E-state index in [1.165, 1.54) is 0 Å². The molecule has 0 saturated heterocycles. The van der Waals surface area contributed by atoms with Crippen molar-refractivity contribution in [1.82, 2.24) is 15.3 Å². The highest BCUT2D eigenvalue weighted by atomic mass is 16.5. The van der Waals surface area contributed by atoms with E-state index in [1.807, 2.05) is 49.4 Å². The van der Waals surface area contributed by atoms with Gasteiger partial charge in [0.15, 0.2) is 0 Å². The highest BCUT2D eigenvalue weighted by molar-refractivity contribution is 5.89. The maximum atomic E-state index is 12.0. The topological polar surface area (TPSA) is 76.1 Å². The second-order valence-electron chi connectivity index (χ2n) is 5.72. The number of carbonyl (C=O) groups is 1. The summed E-state index contributed by atoms with van der Waals surface area (Å²) in [7, 11) is 0. The highest BCUT2D eigenvalue weighted by Gasteiger charge is 2.06. The fraction of sp³-hybridized carbons (Fsp3) is 0.150. The Bertz CT molecular complexity index is 854. The number of carbonyl (C=O) groups excluding carboxylic acids is 1. The molecule has 0 unspecified atom stereocenters. The van der Waals surface area contributed by atoms with Crippen LogP contribution in [0.15, 0.2) is 67.1 Å². The zero-order valence-electron chi connectivity index (χ0n) is 14.5. The van der Waals surface area contributed by atoms with Crippen LogP contribution in [-0.2, 0) is 6.42 Å². The van der Waals surface area contributed by atoms with Crippen LogP contribution in [0.5, 0.6) is 11.5 Å². The number of benzene rings is 1. The van der Waals surface area contributed by atoms with Crippen LogP contribution < -0.4 is 15.4 Å². The van der Waals surface area contributed by atoms with Crippen molar-refractivity contribution < 1.29 is 9.53 Å². The van der Waals surface area contributed by atoms with E-state index in [-0.39, 0.29) is 6.03 Å². The molecule has 1 aromatic carbocycles. The number of rotatable bonds is 6. The van der Waals surface area contributed by atoms with Gasteiger partial charge in [-0.2, -0.15) is 0 Å². The molecule has 0 aliphatic heterocycles. The predicted molar refractivity (Wildman–Crippen MR) is 100 cm³/mol. The van der Waals surface area contributed by atoms with Gasteiger partial charge in [-0.1, -0.05) is 6.07 Å². The smallest absolute Gasteiger partial charge is 0.319 e. The molecule has 2 aromatic heterocycles. The first-order valence-electron chi connectivity index (χ1n) is 8.34. The molecule has 0 spiro atoms. The molecular weight excluding hydrogens is 328 g/mol. The van der Waals surface area contributed by atoms with E-state index in [2.05, 4.69) is 20.6 Å². The molecule has 3 rings (SSSR count). The van der Waals surface area contributed by atoms with Gasteiger partial charge < -0.3 is 15.4 Å². The first-order valence-corrected chi connectivity index (χ1v) is 8.34. The van der Waals surface area contributed by atoms with E-state index in [0.717, 1.165) is 17.0 Å². The first kappa shape index (κ1) is 17.4. The molecule has 26 heavy (non-hydrogen) atoms. The summed E-state index contributed by atoms with van der Waals surface area (Å²) >= 11 is 0. The number of hydrogen-bond acceptors (Lipinski definition) is 4. The largest absolute Gasteiger partial charge is 0.455 e. The maximum absolute atomic E-state index is 12.0. The number of amides is 2. The molecule has 132 valence electrons. The van der Waals surface area contributed by atoms with E-state index in [9.17, 15) is 4.79 Å². The molecule has 0 saturated carbocycles. The average molecular weight is 348 g/mol. The molecule has 0 aliphatic carbocycles. The number of ether oxygens (including phenoxy) is 1. The van der Waals surface area contributed by atoms with Crippen LogP contribution in [0.3, 0.4) is 0 Å². The molecule has 0 fully saturated rings. The van der Waals surface area contributed by atoms with Crippen molar-refractivity contribution >= 4 is 11.7 Å². The van der Waals surface area contributed by atoms with Crippen molar-refractivity contribution in [3.63, 3.8) is 0 Å². The minimum absolute atomic E-state index is 0.249. The van der Waals surface area contributed by atoms with E-state index in [4.69, 9.17) is 4.74 Å². The molecule has 6 nitrogen and oxygen atoms in total. The lowest BCUT2D eigenvalue weighted by molar-refractivity contribution is 0.252. The van der Waals surface area contributed by atoms with Crippen LogP contribution in [0, 0.1) is 6.92 Å². The summed E-state index contributed by atoms with van der Waals surface area (Å²) in [5.74, 6) is 1.39. The first-order chi connectivity index (χ1) is 12.7. The number of nitrogens with one attached hydrogen (secondary N) is 2. The van der Waals surface area contributed by atoms with Crippen LogP contribution in [0.1, 0.15) is 11.3 Å². The second-order valence-corrected chi connectivity index (χ2v) is 5.72. The average Bonchev–Trinajstić information content (AvgIpc) is 2.66. The highest BCUT2D eigenvalue weighted by Crippen LogP contribution is 2.26. The Balaban J connectivity index is 1.51. The zero-order valence-corrected chi connectivity index (χ0v) is 14.5. The lowest BCUT2D eigenvalue weighted by Gasteiger charge is -2.11. The van der Waals surface area contributed by atoms with Crippen LogP contribution >= 0.6 is 0 Å². The summed E-state index contributed by atoms with van der Waals surface area (Å²) in [6, 6.07) is 14.6. The van der Waals surface area contributed by atoms with Crippen molar-refractivity contribution in [3.8, 4) is 11.5 Å². The number of anilines is 1. The normalized spacial score (nSPS) is 10.2. The fourth-order valence-corrected chi connectivity index (χ4v) is 2.40. The van der Waals surface area contributed by atoms with Crippen LogP contribution in [0.25, 0.3) is 0 Å². The number of pyridine rings is 2. The Morgan fingerprint density at radius 1 is 1.12 bits per heavy atom. The number of aryl methyl sites for hydroxylation is 1. The molecule has 0 bridgehead atoms. The SMILES string of the molecule is Cc1cc(NC(=O)NCCc2ccccn2)ccc1Oc1cccnc1. The summed E-state index contributed by atoms with van der Waals surface area (Å²) in [5.41, 5.74) is 2.57. The summed E-state index contributed by atoms with van der Waals surface area (Å²) in [5, 5.41) is 5.65. The van der Waals surface area contributed by atoms with Gasteiger partial charge in [-0.3, -0.25) is 9.97 Å². The summed E-state index contributed by atoms with van der Waals surface area (Å²) < 4.78 is 5.79. The number of aromatic nitrogens is 2. The molecule has 0 atom stereocenters. The third-order valence-corrected chi connectivity index (χ3v) is 3.69. The van der Waals surface area contributed by atoms with Gasteiger partial charge in [-0.15, -0.1) is 0 Å². The van der Waals surface area contributed by atoms with Gasteiger partial charge in [0.1, 0.15) is 11.5 Å². The molecule has 3 aromatic rings. The van der Waals surface area contributed by atoms with E-state index >= 15 is 0 Å². The van der Waals surface area contributed by atoms with Crippen LogP contribution in [0.4, 0.5) is 10.5 Å². The van der Waals surface area contributed by atoms with Crippen molar-refractivity contribution in [1.29, 1.82) is 0 Å². The molecule has 2 N–H and O–H groups in total. The molecule has 2 heterocycles. The van der Waals surface area contributed by atoms with Gasteiger partial charge >= 0.3 is 6.03 Å². The standard InChI is InChI=1S/C20H20N4O2/c1-15-13-17(7-8-19(15)26-18-6-4-10-21-14-18)24-20(25)23-12-9-16-5-2-3-11-22-16/h2-8,10-11,13-14H,9,12H2,1H3,(H2,23,24,25). The van der Waals surface area contributed by atoms with E-state index in [1.54, 1.807) is 24.7 Å². The summed E-state index contributed by atoms with van der Waals surface area (Å²) in [4.78, 5) is 20.3. The van der Waals surface area contributed by atoms with Crippen molar-refractivity contribution in [2.45, 2.75) is 13.3 Å².